The number of nitrogens with zero attached hydrogens (tertiary/aromatic N) is 1. The third-order valence-electron chi connectivity index (χ3n) is 15.8. The molecule has 2 saturated carbocycles. The molecule has 11 heteroatoms. The van der Waals surface area contributed by atoms with E-state index >= 15 is 0 Å². The Morgan fingerprint density at radius 2 is 1.76 bits per heavy atom. The molecule has 63 heavy (non-hydrogen) atoms. The highest BCUT2D eigenvalue weighted by Gasteiger charge is 2.51. The summed E-state index contributed by atoms with van der Waals surface area (Å²) in [6, 6.07) is 11.3. The Hall–Kier alpha value is -4.45. The molecule has 1 aliphatic heterocycles. The lowest BCUT2D eigenvalue weighted by Gasteiger charge is -2.49. The molecule has 0 bridgehead atoms. The van der Waals surface area contributed by atoms with E-state index in [2.05, 4.69) is 44.0 Å². The van der Waals surface area contributed by atoms with Crippen molar-refractivity contribution in [2.75, 3.05) is 26.9 Å². The van der Waals surface area contributed by atoms with Crippen molar-refractivity contribution < 1.29 is 39.7 Å². The fourth-order valence-corrected chi connectivity index (χ4v) is 12.8. The fourth-order valence-electron chi connectivity index (χ4n) is 12.8. The quantitative estimate of drug-likeness (QED) is 0.0472. The molecule has 2 fully saturated rings. The number of hydrogen-bond acceptors (Lipinski definition) is 9. The Balaban J connectivity index is 1.15. The second kappa shape index (κ2) is 18.9. The van der Waals surface area contributed by atoms with Gasteiger partial charge in [0.15, 0.2) is 17.5 Å². The summed E-state index contributed by atoms with van der Waals surface area (Å²) < 4.78 is 19.9. The number of guanidine groups is 1. The van der Waals surface area contributed by atoms with Gasteiger partial charge in [0.1, 0.15) is 29.5 Å². The number of methoxy groups -OCH3 is 1. The maximum absolute atomic E-state index is 12.2. The average Bonchev–Trinajstić information content (AvgIpc) is 3.73. The zero-order valence-electron chi connectivity index (χ0n) is 37.8. The van der Waals surface area contributed by atoms with Crippen LogP contribution in [0.5, 0.6) is 28.7 Å². The number of aromatic hydroxyl groups is 2. The molecule has 1 spiro atoms. The van der Waals surface area contributed by atoms with Crippen molar-refractivity contribution in [3.05, 3.63) is 76.4 Å². The molecule has 0 aromatic heterocycles. The summed E-state index contributed by atoms with van der Waals surface area (Å²) in [6.07, 6.45) is 14.1. The third-order valence-corrected chi connectivity index (χ3v) is 15.8. The first-order valence-electron chi connectivity index (χ1n) is 23.8. The third kappa shape index (κ3) is 8.86. The van der Waals surface area contributed by atoms with Crippen LogP contribution in [0.1, 0.15) is 125 Å². The first kappa shape index (κ1) is 45.1. The van der Waals surface area contributed by atoms with E-state index < -0.39 is 12.2 Å². The van der Waals surface area contributed by atoms with Gasteiger partial charge in [-0.2, -0.15) is 0 Å². The minimum Gasteiger partial charge on any atom is -0.508 e. The molecule has 9 N–H and O–H groups in total. The molecule has 9 atom stereocenters. The van der Waals surface area contributed by atoms with Gasteiger partial charge in [-0.25, -0.2) is 0 Å². The van der Waals surface area contributed by atoms with Gasteiger partial charge in [-0.1, -0.05) is 58.3 Å². The lowest BCUT2D eigenvalue weighted by atomic mass is 9.59. The number of rotatable bonds is 14. The summed E-state index contributed by atoms with van der Waals surface area (Å²) in [4.78, 5) is 4.29. The van der Waals surface area contributed by atoms with E-state index in [9.17, 15) is 25.5 Å². The lowest BCUT2D eigenvalue weighted by molar-refractivity contribution is -0.0610. The zero-order chi connectivity index (χ0) is 44.6. The fraction of sp³-hybridized carbons (Fsp3) is 0.596. The number of ether oxygens (including phenoxy) is 3. The van der Waals surface area contributed by atoms with Crippen LogP contribution in [-0.2, 0) is 19.3 Å². The van der Waals surface area contributed by atoms with Crippen molar-refractivity contribution >= 4 is 5.96 Å². The molecule has 11 nitrogen and oxygen atoms in total. The van der Waals surface area contributed by atoms with Gasteiger partial charge in [0.25, 0.3) is 0 Å². The van der Waals surface area contributed by atoms with Crippen LogP contribution in [0.3, 0.4) is 0 Å². The average molecular weight is 866 g/mol. The van der Waals surface area contributed by atoms with Crippen molar-refractivity contribution in [1.29, 1.82) is 0 Å². The molecule has 0 unspecified atom stereocenters. The van der Waals surface area contributed by atoms with Gasteiger partial charge in [0.05, 0.1) is 13.2 Å². The van der Waals surface area contributed by atoms with E-state index in [4.69, 9.17) is 25.7 Å². The number of phenols is 2. The van der Waals surface area contributed by atoms with Gasteiger partial charge in [-0.15, -0.1) is 0 Å². The standard InChI is InChI=1S/C52H71N3O8/c1-5-30-21-32(9-8-31(30)14-19-56)37-22-34-24-42(59)35(20-29(2)3)23-38(34)49-47(61-4)27-45-39(48(37)49)26-43(60)50(63-45)33-10-11-41(58)46(25-33)62-44-12-17-52(15-6-7-16-52)40(28-57)36(44)13-18-55-51(53)54/h8-11,23-25,27,29-32,36-37,40,43-44,50,56-60H,5-7,12-22,26,28H2,1-4H3,(H4,53,54,55)/t30-,31-,32-,36-,37-,40-,43-,44-,50+/m1/s1. The SMILES string of the molecule is CC[C@@H]1C[C@H]([C@H]2Cc3cc(O)c(CC(C)C)cc3-c3c(OC)cc4c(c32)C[C@@H](O)[C@H](c2ccc(O)c(O[C@@H]3CCC5(CCCC5)[C@H](CO)[C@H]3CCN=C(N)N)c2)O4)C=C[C@@H]1CCO. The van der Waals surface area contributed by atoms with Gasteiger partial charge in [0, 0.05) is 49.3 Å². The van der Waals surface area contributed by atoms with Crippen LogP contribution >= 0.6 is 0 Å². The van der Waals surface area contributed by atoms with Crippen LogP contribution < -0.4 is 25.7 Å². The van der Waals surface area contributed by atoms with Gasteiger partial charge in [-0.3, -0.25) is 4.99 Å². The topological polar surface area (TPSA) is 193 Å². The Morgan fingerprint density at radius 1 is 0.968 bits per heavy atom. The van der Waals surface area contributed by atoms with Crippen molar-refractivity contribution in [3.8, 4) is 39.9 Å². The van der Waals surface area contributed by atoms with Crippen LogP contribution in [0.2, 0.25) is 0 Å². The molecule has 0 saturated heterocycles. The number of fused-ring (bicyclic) bond motifs is 5. The largest absolute Gasteiger partial charge is 0.508 e. The highest BCUT2D eigenvalue weighted by molar-refractivity contribution is 5.84. The number of aliphatic hydroxyl groups excluding tert-OH is 3. The van der Waals surface area contributed by atoms with Gasteiger partial charge in [-0.05, 0) is 151 Å². The highest BCUT2D eigenvalue weighted by Crippen LogP contribution is 2.58. The summed E-state index contributed by atoms with van der Waals surface area (Å²) in [5.41, 5.74) is 18.3. The van der Waals surface area contributed by atoms with Gasteiger partial charge < -0.3 is 51.2 Å². The Morgan fingerprint density at radius 3 is 2.46 bits per heavy atom. The summed E-state index contributed by atoms with van der Waals surface area (Å²) in [7, 11) is 1.69. The van der Waals surface area contributed by atoms with E-state index in [0.29, 0.717) is 65.7 Å². The zero-order valence-corrected chi connectivity index (χ0v) is 37.8. The van der Waals surface area contributed by atoms with E-state index in [1.165, 1.54) is 0 Å². The maximum atomic E-state index is 12.2. The molecule has 3 aromatic rings. The van der Waals surface area contributed by atoms with Crippen LogP contribution in [0.25, 0.3) is 11.1 Å². The predicted octanol–water partition coefficient (Wildman–Crippen LogP) is 8.24. The lowest BCUT2D eigenvalue weighted by Crippen LogP contribution is -2.48. The summed E-state index contributed by atoms with van der Waals surface area (Å²) in [5, 5.41) is 55.5. The van der Waals surface area contributed by atoms with Crippen molar-refractivity contribution in [2.45, 2.75) is 128 Å². The minimum atomic E-state index is -0.909. The maximum Gasteiger partial charge on any atom is 0.185 e. The number of aliphatic hydroxyl groups is 3. The van der Waals surface area contributed by atoms with Crippen LogP contribution in [-0.4, -0.2) is 70.6 Å². The van der Waals surface area contributed by atoms with Crippen LogP contribution in [0, 0.1) is 40.9 Å². The second-order valence-electron chi connectivity index (χ2n) is 19.9. The van der Waals surface area contributed by atoms with E-state index in [0.717, 1.165) is 104 Å². The second-order valence-corrected chi connectivity index (χ2v) is 19.9. The number of hydrogen-bond donors (Lipinski definition) is 7. The summed E-state index contributed by atoms with van der Waals surface area (Å²) in [6.45, 7) is 7.19. The Labute approximate surface area is 373 Å². The number of phenolic OH excluding ortho intramolecular Hbond substituents is 2. The minimum absolute atomic E-state index is 0.00129. The smallest absolute Gasteiger partial charge is 0.185 e. The first-order valence-corrected chi connectivity index (χ1v) is 23.8. The molecule has 5 aliphatic rings. The molecule has 0 amide bonds. The molecular weight excluding hydrogens is 795 g/mol. The normalized spacial score (nSPS) is 28.2. The summed E-state index contributed by atoms with van der Waals surface area (Å²) in [5.74, 6) is 3.37. The Kier molecular flexibility index (Phi) is 13.6. The van der Waals surface area contributed by atoms with Gasteiger partial charge >= 0.3 is 0 Å². The summed E-state index contributed by atoms with van der Waals surface area (Å²) >= 11 is 0. The molecule has 8 rings (SSSR count). The number of nitrogens with two attached hydrogens (primary N) is 2. The van der Waals surface area contributed by atoms with Crippen molar-refractivity contribution in [1.82, 2.24) is 0 Å². The highest BCUT2D eigenvalue weighted by atomic mass is 16.5. The first-order chi connectivity index (χ1) is 30.4. The molecular formula is C52H71N3O8. The molecule has 0 radical (unpaired) electrons. The number of aliphatic imine (C=N–C) groups is 1. The predicted molar refractivity (Wildman–Crippen MR) is 246 cm³/mol. The molecule has 4 aliphatic carbocycles. The van der Waals surface area contributed by atoms with Crippen molar-refractivity contribution in [3.63, 3.8) is 0 Å². The molecule has 342 valence electrons. The van der Waals surface area contributed by atoms with Gasteiger partial charge in [0.2, 0.25) is 0 Å². The van der Waals surface area contributed by atoms with Crippen LogP contribution in [0.4, 0.5) is 0 Å². The van der Waals surface area contributed by atoms with E-state index in [-0.39, 0.29) is 60.1 Å². The van der Waals surface area contributed by atoms with Crippen LogP contribution in [0.15, 0.2) is 53.5 Å². The molecule has 3 aromatic carbocycles. The van der Waals surface area contributed by atoms with E-state index in [1.54, 1.807) is 25.3 Å². The Bertz CT molecular complexity index is 2160. The molecule has 1 heterocycles. The monoisotopic (exact) mass is 866 g/mol. The van der Waals surface area contributed by atoms with Crippen molar-refractivity contribution in [2.24, 2.45) is 57.4 Å². The number of allylic oxidation sites excluding steroid dienone is 2. The van der Waals surface area contributed by atoms with E-state index in [1.807, 2.05) is 12.1 Å². The number of benzene rings is 3.